The molecule has 0 aromatic carbocycles. The van der Waals surface area contributed by atoms with Crippen LogP contribution in [0.25, 0.3) is 0 Å². The maximum Gasteiger partial charge on any atom is 0.389 e. The summed E-state index contributed by atoms with van der Waals surface area (Å²) in [7, 11) is 0. The largest absolute Gasteiger partial charge is 0.390 e. The van der Waals surface area contributed by atoms with E-state index in [1.165, 1.54) is 37.7 Å². The molecule has 0 aromatic rings. The van der Waals surface area contributed by atoms with Crippen molar-refractivity contribution in [2.75, 3.05) is 0 Å². The van der Waals surface area contributed by atoms with Crippen molar-refractivity contribution in [3.05, 3.63) is 11.6 Å². The quantitative estimate of drug-likeness (QED) is 0.315. The van der Waals surface area contributed by atoms with Gasteiger partial charge in [0.25, 0.3) is 0 Å². The normalized spacial score (nSPS) is 44.9. The molecular weight excluding hydrogens is 409 g/mol. The first-order chi connectivity index (χ1) is 14.9. The molecule has 7 unspecified atom stereocenters. The Balaban J connectivity index is 1.44. The van der Waals surface area contributed by atoms with Gasteiger partial charge in [-0.2, -0.15) is 13.2 Å². The Bertz CT molecular complexity index is 714. The Morgan fingerprint density at radius 2 is 1.81 bits per heavy atom. The lowest BCUT2D eigenvalue weighted by Gasteiger charge is -2.59. The molecule has 8 atom stereocenters. The van der Waals surface area contributed by atoms with Crippen molar-refractivity contribution < 1.29 is 18.3 Å². The van der Waals surface area contributed by atoms with Crippen molar-refractivity contribution in [2.45, 2.75) is 123 Å². The fourth-order valence-electron chi connectivity index (χ4n) is 8.98. The first-order valence-electron chi connectivity index (χ1n) is 13.4. The lowest BCUT2D eigenvalue weighted by Crippen LogP contribution is -2.52. The summed E-state index contributed by atoms with van der Waals surface area (Å²) in [5, 5.41) is 10.9. The Morgan fingerprint density at radius 1 is 1.06 bits per heavy atom. The van der Waals surface area contributed by atoms with Gasteiger partial charge in [-0.05, 0) is 105 Å². The first-order valence-corrected chi connectivity index (χ1v) is 13.4. The van der Waals surface area contributed by atoms with Crippen LogP contribution >= 0.6 is 0 Å². The molecule has 1 nitrogen and oxygen atoms in total. The van der Waals surface area contributed by atoms with E-state index in [0.29, 0.717) is 23.7 Å². The summed E-state index contributed by atoms with van der Waals surface area (Å²) in [6.45, 7) is 9.44. The molecule has 0 heterocycles. The fourth-order valence-corrected chi connectivity index (χ4v) is 8.98. The van der Waals surface area contributed by atoms with Crippen LogP contribution in [0.15, 0.2) is 11.6 Å². The van der Waals surface area contributed by atoms with Crippen molar-refractivity contribution in [3.63, 3.8) is 0 Å². The van der Waals surface area contributed by atoms with E-state index in [0.717, 1.165) is 49.9 Å². The average molecular weight is 455 g/mol. The van der Waals surface area contributed by atoms with E-state index in [4.69, 9.17) is 0 Å². The number of hydrogen-bond acceptors (Lipinski definition) is 1. The molecule has 32 heavy (non-hydrogen) atoms. The Morgan fingerprint density at radius 3 is 2.50 bits per heavy atom. The molecule has 0 aromatic heterocycles. The van der Waals surface area contributed by atoms with Crippen molar-refractivity contribution >= 4 is 0 Å². The molecule has 0 aliphatic heterocycles. The Hall–Kier alpha value is -0.510. The smallest absolute Gasteiger partial charge is 0.389 e. The van der Waals surface area contributed by atoms with Crippen molar-refractivity contribution in [3.8, 4) is 0 Å². The fraction of sp³-hybridized carbons (Fsp3) is 0.929. The van der Waals surface area contributed by atoms with Crippen LogP contribution in [0.1, 0.15) is 111 Å². The maximum atomic E-state index is 12.5. The van der Waals surface area contributed by atoms with Crippen LogP contribution in [0, 0.1) is 40.4 Å². The highest BCUT2D eigenvalue weighted by Crippen LogP contribution is 2.67. The molecular formula is C28H45F3O. The van der Waals surface area contributed by atoms with Crippen molar-refractivity contribution in [2.24, 2.45) is 40.4 Å². The maximum absolute atomic E-state index is 12.5. The molecule has 3 saturated carbocycles. The van der Waals surface area contributed by atoms with E-state index < -0.39 is 18.2 Å². The van der Waals surface area contributed by atoms with Crippen LogP contribution in [0.5, 0.6) is 0 Å². The third-order valence-electron chi connectivity index (χ3n) is 11.0. The minimum atomic E-state index is -4.01. The summed E-state index contributed by atoms with van der Waals surface area (Å²) < 4.78 is 37.5. The van der Waals surface area contributed by atoms with Crippen LogP contribution in [0.2, 0.25) is 0 Å². The van der Waals surface area contributed by atoms with Gasteiger partial charge in [-0.25, -0.2) is 0 Å². The number of allylic oxidation sites excluding steroid dienone is 1. The molecule has 4 aliphatic carbocycles. The van der Waals surface area contributed by atoms with Gasteiger partial charge >= 0.3 is 6.18 Å². The Labute approximate surface area is 193 Å². The summed E-state index contributed by atoms with van der Waals surface area (Å²) in [5.74, 6) is 3.43. The zero-order valence-electron chi connectivity index (χ0n) is 20.7. The van der Waals surface area contributed by atoms with Gasteiger partial charge in [-0.15, -0.1) is 0 Å². The minimum Gasteiger partial charge on any atom is -0.390 e. The van der Waals surface area contributed by atoms with E-state index in [9.17, 15) is 18.3 Å². The van der Waals surface area contributed by atoms with Crippen LogP contribution in [-0.4, -0.2) is 16.9 Å². The van der Waals surface area contributed by atoms with Gasteiger partial charge in [0.05, 0.1) is 5.60 Å². The molecule has 1 N–H and O–H groups in total. The predicted molar refractivity (Wildman–Crippen MR) is 124 cm³/mol. The van der Waals surface area contributed by atoms with Crippen LogP contribution in [0.3, 0.4) is 0 Å². The molecule has 3 fully saturated rings. The molecule has 0 radical (unpaired) electrons. The van der Waals surface area contributed by atoms with Gasteiger partial charge in [0, 0.05) is 6.42 Å². The molecule has 0 spiro atoms. The van der Waals surface area contributed by atoms with E-state index in [2.05, 4.69) is 33.8 Å². The summed E-state index contributed by atoms with van der Waals surface area (Å²) >= 11 is 0. The second-order valence-electron chi connectivity index (χ2n) is 12.6. The lowest BCUT2D eigenvalue weighted by molar-refractivity contribution is -0.135. The summed E-state index contributed by atoms with van der Waals surface area (Å²) in [6, 6.07) is 0. The van der Waals surface area contributed by atoms with E-state index >= 15 is 0 Å². The molecule has 0 saturated heterocycles. The van der Waals surface area contributed by atoms with E-state index in [1.54, 1.807) is 0 Å². The summed E-state index contributed by atoms with van der Waals surface area (Å²) in [4.78, 5) is 0. The van der Waals surface area contributed by atoms with Crippen LogP contribution < -0.4 is 0 Å². The monoisotopic (exact) mass is 454 g/mol. The van der Waals surface area contributed by atoms with Gasteiger partial charge in [-0.3, -0.25) is 0 Å². The number of hydrogen-bond donors (Lipinski definition) is 1. The van der Waals surface area contributed by atoms with Crippen molar-refractivity contribution in [1.29, 1.82) is 0 Å². The molecule has 0 bridgehead atoms. The number of rotatable bonds is 6. The molecule has 4 heteroatoms. The number of fused-ring (bicyclic) bond motifs is 5. The second-order valence-corrected chi connectivity index (χ2v) is 12.6. The third kappa shape index (κ3) is 4.31. The molecule has 184 valence electrons. The van der Waals surface area contributed by atoms with E-state index in [-0.39, 0.29) is 11.8 Å². The highest BCUT2D eigenvalue weighted by atomic mass is 19.4. The molecule has 0 amide bonds. The summed E-state index contributed by atoms with van der Waals surface area (Å²) in [5.41, 5.74) is 1.64. The molecule has 4 aliphatic rings. The topological polar surface area (TPSA) is 20.2 Å². The number of unbranched alkanes of at least 4 members (excludes halogenated alkanes) is 1. The Kier molecular flexibility index (Phi) is 6.62. The standard InChI is InChI=1S/C28H45F3O/c1-5-27(32)17-16-25(3)20(18-27)9-10-21-23-12-11-22(26(23,4)15-13-24(21)25)19(2)8-6-7-14-28(29,30)31/h9,19,21-24,32H,5-8,10-18H2,1-4H3/t19?,21?,22?,23?,24?,25?,26?,27-/m0/s1. The molecule has 4 rings (SSSR count). The zero-order chi connectivity index (χ0) is 23.4. The van der Waals surface area contributed by atoms with Gasteiger partial charge in [0.2, 0.25) is 0 Å². The zero-order valence-corrected chi connectivity index (χ0v) is 20.7. The SMILES string of the molecule is CC[C@]1(O)CCC2(C)C(=CCC3C2CCC2(C)C(C(C)CCCCC(F)(F)F)CCC32)C1. The van der Waals surface area contributed by atoms with Crippen LogP contribution in [0.4, 0.5) is 13.2 Å². The highest BCUT2D eigenvalue weighted by molar-refractivity contribution is 5.27. The lowest BCUT2D eigenvalue weighted by atomic mass is 9.46. The van der Waals surface area contributed by atoms with Crippen LogP contribution in [-0.2, 0) is 0 Å². The van der Waals surface area contributed by atoms with Gasteiger partial charge in [0.15, 0.2) is 0 Å². The number of alkyl halides is 3. The average Bonchev–Trinajstić information content (AvgIpc) is 3.08. The first kappa shape index (κ1) is 24.6. The third-order valence-corrected chi connectivity index (χ3v) is 11.0. The number of aliphatic hydroxyl groups is 1. The van der Waals surface area contributed by atoms with Gasteiger partial charge in [-0.1, -0.05) is 52.2 Å². The number of halogens is 3. The highest BCUT2D eigenvalue weighted by Gasteiger charge is 2.59. The second kappa shape index (κ2) is 8.61. The summed E-state index contributed by atoms with van der Waals surface area (Å²) in [6.07, 6.45) is 9.84. The predicted octanol–water partition coefficient (Wildman–Crippen LogP) is 8.47. The van der Waals surface area contributed by atoms with Gasteiger partial charge < -0.3 is 5.11 Å². The van der Waals surface area contributed by atoms with E-state index in [1.807, 2.05) is 0 Å². The minimum absolute atomic E-state index is 0.257. The van der Waals surface area contributed by atoms with Gasteiger partial charge in [0.1, 0.15) is 0 Å². The van der Waals surface area contributed by atoms with Crippen molar-refractivity contribution in [1.82, 2.24) is 0 Å².